The summed E-state index contributed by atoms with van der Waals surface area (Å²) in [6, 6.07) is 12.6. The van der Waals surface area contributed by atoms with E-state index in [-0.39, 0.29) is 24.3 Å². The maximum Gasteiger partial charge on any atom is 0.242 e. The number of carbonyl (C=O) groups is 2. The maximum atomic E-state index is 13.3. The summed E-state index contributed by atoms with van der Waals surface area (Å²) in [6.45, 7) is 7.11. The first-order valence-corrected chi connectivity index (χ1v) is 11.5. The van der Waals surface area contributed by atoms with Gasteiger partial charge in [0.05, 0.1) is 0 Å². The third kappa shape index (κ3) is 6.39. The van der Waals surface area contributed by atoms with Crippen molar-refractivity contribution in [3.05, 3.63) is 58.6 Å². The van der Waals surface area contributed by atoms with Crippen molar-refractivity contribution < 1.29 is 19.1 Å². The number of nitrogens with zero attached hydrogens (tertiary/aromatic N) is 1. The van der Waals surface area contributed by atoms with Gasteiger partial charge in [0.15, 0.2) is 11.5 Å². The van der Waals surface area contributed by atoms with Gasteiger partial charge in [-0.05, 0) is 62.1 Å². The Bertz CT molecular complexity index is 949. The molecular formula is C25H31ClN2O4. The fourth-order valence-electron chi connectivity index (χ4n) is 3.52. The Morgan fingerprint density at radius 3 is 2.53 bits per heavy atom. The van der Waals surface area contributed by atoms with Crippen LogP contribution in [0.3, 0.4) is 0 Å². The van der Waals surface area contributed by atoms with Gasteiger partial charge in [0.25, 0.3) is 0 Å². The summed E-state index contributed by atoms with van der Waals surface area (Å²) in [5.41, 5.74) is 1.87. The van der Waals surface area contributed by atoms with Crippen LogP contribution in [0.25, 0.3) is 0 Å². The van der Waals surface area contributed by atoms with Crippen LogP contribution in [-0.4, -0.2) is 42.0 Å². The van der Waals surface area contributed by atoms with Gasteiger partial charge < -0.3 is 19.7 Å². The van der Waals surface area contributed by atoms with Crippen molar-refractivity contribution in [2.45, 2.75) is 58.7 Å². The van der Waals surface area contributed by atoms with Gasteiger partial charge in [0, 0.05) is 24.0 Å². The highest BCUT2D eigenvalue weighted by Crippen LogP contribution is 2.31. The van der Waals surface area contributed by atoms with Gasteiger partial charge in [0.1, 0.15) is 19.3 Å². The van der Waals surface area contributed by atoms with Crippen molar-refractivity contribution >= 4 is 23.4 Å². The largest absolute Gasteiger partial charge is 0.486 e. The van der Waals surface area contributed by atoms with E-state index in [1.165, 1.54) is 0 Å². The summed E-state index contributed by atoms with van der Waals surface area (Å²) >= 11 is 6.13. The lowest BCUT2D eigenvalue weighted by Gasteiger charge is -2.30. The number of benzene rings is 2. The molecule has 3 rings (SSSR count). The molecule has 0 saturated heterocycles. The van der Waals surface area contributed by atoms with Gasteiger partial charge in [-0.3, -0.25) is 9.59 Å². The summed E-state index contributed by atoms with van der Waals surface area (Å²) in [4.78, 5) is 27.7. The van der Waals surface area contributed by atoms with Gasteiger partial charge in [-0.1, -0.05) is 36.7 Å². The number of fused-ring (bicyclic) bond motifs is 1. The van der Waals surface area contributed by atoms with E-state index in [2.05, 4.69) is 5.32 Å². The third-order valence-corrected chi connectivity index (χ3v) is 5.88. The fraction of sp³-hybridized carbons (Fsp3) is 0.440. The molecule has 0 aromatic heterocycles. The molecule has 1 aliphatic heterocycles. The molecular weight excluding hydrogens is 428 g/mol. The topological polar surface area (TPSA) is 67.9 Å². The quantitative estimate of drug-likeness (QED) is 0.605. The van der Waals surface area contributed by atoms with Gasteiger partial charge in [-0.2, -0.15) is 0 Å². The number of nitrogens with one attached hydrogen (secondary N) is 1. The molecule has 2 aromatic rings. The molecule has 2 atom stereocenters. The second-order valence-electron chi connectivity index (χ2n) is 8.12. The van der Waals surface area contributed by atoms with E-state index in [1.807, 2.05) is 50.2 Å². The molecule has 7 heteroatoms. The standard InChI is InChI=1S/C25H31ClN2O4/c1-4-17(2)27-25(30)18(3)28(16-20-6-5-7-21(26)14-20)24(29)11-9-19-8-10-22-23(15-19)32-13-12-31-22/h5-8,10,14-15,17-18H,4,9,11-13,16H2,1-3H3,(H,27,30)/t17-,18-/m1/s1. The molecule has 0 unspecified atom stereocenters. The molecule has 0 bridgehead atoms. The van der Waals surface area contributed by atoms with Crippen LogP contribution in [0.4, 0.5) is 0 Å². The molecule has 32 heavy (non-hydrogen) atoms. The van der Waals surface area contributed by atoms with E-state index >= 15 is 0 Å². The van der Waals surface area contributed by atoms with E-state index in [0.717, 1.165) is 23.3 Å². The van der Waals surface area contributed by atoms with Crippen LogP contribution in [0.2, 0.25) is 5.02 Å². The zero-order chi connectivity index (χ0) is 23.1. The Kier molecular flexibility index (Phi) is 8.39. The summed E-state index contributed by atoms with van der Waals surface area (Å²) in [5.74, 6) is 1.18. The minimum atomic E-state index is -0.601. The first-order valence-electron chi connectivity index (χ1n) is 11.1. The zero-order valence-corrected chi connectivity index (χ0v) is 19.7. The van der Waals surface area contributed by atoms with Crippen molar-refractivity contribution in [3.8, 4) is 11.5 Å². The Hall–Kier alpha value is -2.73. The molecule has 0 fully saturated rings. The SMILES string of the molecule is CC[C@@H](C)NC(=O)[C@@H](C)N(Cc1cccc(Cl)c1)C(=O)CCc1ccc2c(c1)OCCO2. The molecule has 0 spiro atoms. The lowest BCUT2D eigenvalue weighted by atomic mass is 10.1. The minimum Gasteiger partial charge on any atom is -0.486 e. The number of hydrogen-bond donors (Lipinski definition) is 1. The van der Waals surface area contributed by atoms with Gasteiger partial charge in [0.2, 0.25) is 11.8 Å². The molecule has 0 radical (unpaired) electrons. The number of ether oxygens (including phenoxy) is 2. The van der Waals surface area contributed by atoms with E-state index in [1.54, 1.807) is 17.9 Å². The average molecular weight is 459 g/mol. The summed E-state index contributed by atoms with van der Waals surface area (Å²) < 4.78 is 11.2. The number of rotatable bonds is 9. The van der Waals surface area contributed by atoms with Crippen LogP contribution in [0.5, 0.6) is 11.5 Å². The molecule has 1 heterocycles. The van der Waals surface area contributed by atoms with Crippen molar-refractivity contribution in [1.82, 2.24) is 10.2 Å². The van der Waals surface area contributed by atoms with Crippen LogP contribution >= 0.6 is 11.6 Å². The number of halogens is 1. The predicted molar refractivity (Wildman–Crippen MR) is 125 cm³/mol. The molecule has 0 aliphatic carbocycles. The number of amides is 2. The summed E-state index contributed by atoms with van der Waals surface area (Å²) in [7, 11) is 0. The van der Waals surface area contributed by atoms with Crippen LogP contribution in [-0.2, 0) is 22.6 Å². The first kappa shape index (κ1) is 23.9. The first-order chi connectivity index (χ1) is 15.4. The molecule has 2 amide bonds. The Labute approximate surface area is 194 Å². The highest BCUT2D eigenvalue weighted by molar-refractivity contribution is 6.30. The van der Waals surface area contributed by atoms with Crippen molar-refractivity contribution in [3.63, 3.8) is 0 Å². The average Bonchev–Trinajstić information content (AvgIpc) is 2.80. The zero-order valence-electron chi connectivity index (χ0n) is 18.9. The summed E-state index contributed by atoms with van der Waals surface area (Å²) in [5, 5.41) is 3.58. The monoisotopic (exact) mass is 458 g/mol. The lowest BCUT2D eigenvalue weighted by molar-refractivity contribution is -0.140. The molecule has 6 nitrogen and oxygen atoms in total. The van der Waals surface area contributed by atoms with E-state index < -0.39 is 6.04 Å². The van der Waals surface area contributed by atoms with Crippen LogP contribution < -0.4 is 14.8 Å². The van der Waals surface area contributed by atoms with Crippen LogP contribution in [0, 0.1) is 0 Å². The lowest BCUT2D eigenvalue weighted by Crippen LogP contribution is -2.49. The molecule has 1 aliphatic rings. The second kappa shape index (κ2) is 11.2. The fourth-order valence-corrected chi connectivity index (χ4v) is 3.73. The smallest absolute Gasteiger partial charge is 0.242 e. The van der Waals surface area contributed by atoms with Crippen molar-refractivity contribution in [1.29, 1.82) is 0 Å². The van der Waals surface area contributed by atoms with Gasteiger partial charge in [-0.15, -0.1) is 0 Å². The van der Waals surface area contributed by atoms with Gasteiger partial charge >= 0.3 is 0 Å². The van der Waals surface area contributed by atoms with Crippen molar-refractivity contribution in [2.24, 2.45) is 0 Å². The number of aryl methyl sites for hydroxylation is 1. The molecule has 172 valence electrons. The van der Waals surface area contributed by atoms with E-state index in [4.69, 9.17) is 21.1 Å². The Morgan fingerprint density at radius 1 is 1.06 bits per heavy atom. The van der Waals surface area contributed by atoms with Crippen LogP contribution in [0.15, 0.2) is 42.5 Å². The third-order valence-electron chi connectivity index (χ3n) is 5.64. The summed E-state index contributed by atoms with van der Waals surface area (Å²) in [6.07, 6.45) is 1.65. The number of carbonyl (C=O) groups excluding carboxylic acids is 2. The highest BCUT2D eigenvalue weighted by Gasteiger charge is 2.26. The number of hydrogen-bond acceptors (Lipinski definition) is 4. The normalized spacial score (nSPS) is 14.4. The van der Waals surface area contributed by atoms with Crippen molar-refractivity contribution in [2.75, 3.05) is 13.2 Å². The Balaban J connectivity index is 1.72. The maximum absolute atomic E-state index is 13.3. The van der Waals surface area contributed by atoms with Crippen LogP contribution in [0.1, 0.15) is 44.7 Å². The molecule has 1 N–H and O–H groups in total. The van der Waals surface area contributed by atoms with E-state index in [9.17, 15) is 9.59 Å². The highest BCUT2D eigenvalue weighted by atomic mass is 35.5. The molecule has 0 saturated carbocycles. The predicted octanol–water partition coefficient (Wildman–Crippen LogP) is 4.38. The Morgan fingerprint density at radius 2 is 1.81 bits per heavy atom. The van der Waals surface area contributed by atoms with Gasteiger partial charge in [-0.25, -0.2) is 0 Å². The van der Waals surface area contributed by atoms with E-state index in [0.29, 0.717) is 37.0 Å². The minimum absolute atomic E-state index is 0.0470. The molecule has 2 aromatic carbocycles. The second-order valence-corrected chi connectivity index (χ2v) is 8.56.